The largest absolute Gasteiger partial charge is 0.363 e. The van der Waals surface area contributed by atoms with E-state index in [4.69, 9.17) is 0 Å². The molecule has 0 saturated heterocycles. The van der Waals surface area contributed by atoms with Crippen LogP contribution in [0.4, 0.5) is 0 Å². The number of allylic oxidation sites excluding steroid dienone is 2. The molecule has 13 heavy (non-hydrogen) atoms. The molecule has 1 atom stereocenters. The Hall–Kier alpha value is -0.720. The maximum Gasteiger partial charge on any atom is 0.00781 e. The summed E-state index contributed by atoms with van der Waals surface area (Å²) < 4.78 is 0. The normalized spacial score (nSPS) is 12.2. The van der Waals surface area contributed by atoms with Crippen molar-refractivity contribution in [1.29, 1.82) is 0 Å². The summed E-state index contributed by atoms with van der Waals surface area (Å²) in [7, 11) is 0. The number of rotatable bonds is 7. The molecule has 0 aromatic carbocycles. The van der Waals surface area contributed by atoms with Gasteiger partial charge in [-0.15, -0.1) is 0 Å². The fourth-order valence-electron chi connectivity index (χ4n) is 1.23. The van der Waals surface area contributed by atoms with Gasteiger partial charge in [0.2, 0.25) is 0 Å². The van der Waals surface area contributed by atoms with Gasteiger partial charge in [-0.2, -0.15) is 0 Å². The lowest BCUT2D eigenvalue weighted by Gasteiger charge is -2.14. The number of hydrogen-bond donors (Lipinski definition) is 1. The van der Waals surface area contributed by atoms with Crippen LogP contribution < -0.4 is 5.32 Å². The van der Waals surface area contributed by atoms with E-state index in [1.165, 1.54) is 6.42 Å². The van der Waals surface area contributed by atoms with Crippen molar-refractivity contribution in [2.75, 3.05) is 0 Å². The van der Waals surface area contributed by atoms with Crippen LogP contribution in [0.3, 0.4) is 0 Å². The second-order valence-electron chi connectivity index (χ2n) is 3.80. The summed E-state index contributed by atoms with van der Waals surface area (Å²) in [5, 5.41) is 3.26. The summed E-state index contributed by atoms with van der Waals surface area (Å²) in [4.78, 5) is 0. The van der Waals surface area contributed by atoms with Crippen LogP contribution in [-0.2, 0) is 0 Å². The van der Waals surface area contributed by atoms with Gasteiger partial charge < -0.3 is 5.32 Å². The van der Waals surface area contributed by atoms with Gasteiger partial charge in [-0.3, -0.25) is 0 Å². The smallest absolute Gasteiger partial charge is 0.00781 e. The molecule has 76 valence electrons. The fraction of sp³-hybridized carbons (Fsp3) is 0.667. The van der Waals surface area contributed by atoms with E-state index < -0.39 is 0 Å². The molecular weight excluding hydrogens is 158 g/mol. The third-order valence-electron chi connectivity index (χ3n) is 2.20. The van der Waals surface area contributed by atoms with E-state index >= 15 is 0 Å². The topological polar surface area (TPSA) is 12.0 Å². The molecule has 0 bridgehead atoms. The molecule has 0 saturated carbocycles. The Morgan fingerprint density at radius 1 is 1.23 bits per heavy atom. The zero-order chi connectivity index (χ0) is 10.3. The van der Waals surface area contributed by atoms with E-state index in [-0.39, 0.29) is 0 Å². The van der Waals surface area contributed by atoms with Crippen molar-refractivity contribution in [2.45, 2.75) is 46.5 Å². The van der Waals surface area contributed by atoms with E-state index in [0.717, 1.165) is 36.6 Å². The van der Waals surface area contributed by atoms with Gasteiger partial charge in [0.15, 0.2) is 0 Å². The molecule has 0 fully saturated rings. The Kier molecular flexibility index (Phi) is 6.38. The van der Waals surface area contributed by atoms with Crippen LogP contribution in [0.15, 0.2) is 24.6 Å². The summed E-state index contributed by atoms with van der Waals surface area (Å²) in [6.45, 7) is 14.5. The summed E-state index contributed by atoms with van der Waals surface area (Å²) in [6.07, 6.45) is 4.45. The van der Waals surface area contributed by atoms with E-state index in [0.29, 0.717) is 0 Å². The predicted octanol–water partition coefficient (Wildman–Crippen LogP) is 3.84. The highest BCUT2D eigenvalue weighted by molar-refractivity contribution is 5.04. The Labute approximate surface area is 82.9 Å². The van der Waals surface area contributed by atoms with Gasteiger partial charge in [-0.1, -0.05) is 46.8 Å². The second-order valence-corrected chi connectivity index (χ2v) is 3.80. The zero-order valence-electron chi connectivity index (χ0n) is 9.32. The number of nitrogens with one attached hydrogen (secondary N) is 1. The number of hydrogen-bond acceptors (Lipinski definition) is 1. The molecule has 0 spiro atoms. The maximum atomic E-state index is 3.99. The quantitative estimate of drug-likeness (QED) is 0.629. The Bertz CT molecular complexity index is 170. The molecule has 0 radical (unpaired) electrons. The summed E-state index contributed by atoms with van der Waals surface area (Å²) in [5.74, 6) is 0.717. The van der Waals surface area contributed by atoms with E-state index in [9.17, 15) is 0 Å². The Morgan fingerprint density at radius 3 is 2.31 bits per heavy atom. The summed E-state index contributed by atoms with van der Waals surface area (Å²) in [5.41, 5.74) is 2.20. The van der Waals surface area contributed by atoms with E-state index in [1.807, 2.05) is 0 Å². The molecule has 1 nitrogen and oxygen atoms in total. The second kappa shape index (κ2) is 6.76. The summed E-state index contributed by atoms with van der Waals surface area (Å²) >= 11 is 0. The SMILES string of the molecule is C=C(CCC)NC(=C)CC(C)CC. The van der Waals surface area contributed by atoms with Crippen LogP contribution in [0, 0.1) is 5.92 Å². The van der Waals surface area contributed by atoms with Crippen molar-refractivity contribution >= 4 is 0 Å². The predicted molar refractivity (Wildman–Crippen MR) is 60.4 cm³/mol. The maximum absolute atomic E-state index is 3.99. The molecule has 1 N–H and O–H groups in total. The molecule has 0 heterocycles. The van der Waals surface area contributed by atoms with Crippen LogP contribution in [-0.4, -0.2) is 0 Å². The third-order valence-corrected chi connectivity index (χ3v) is 2.20. The molecule has 0 aromatic rings. The highest BCUT2D eigenvalue weighted by atomic mass is 14.9. The first-order valence-electron chi connectivity index (χ1n) is 5.22. The van der Waals surface area contributed by atoms with Crippen LogP contribution in [0.2, 0.25) is 0 Å². The van der Waals surface area contributed by atoms with Crippen molar-refractivity contribution in [1.82, 2.24) is 5.32 Å². The average Bonchev–Trinajstić information content (AvgIpc) is 2.04. The molecule has 0 rings (SSSR count). The molecule has 0 aromatic heterocycles. The monoisotopic (exact) mass is 181 g/mol. The van der Waals surface area contributed by atoms with Gasteiger partial charge in [0.05, 0.1) is 0 Å². The van der Waals surface area contributed by atoms with E-state index in [2.05, 4.69) is 39.2 Å². The van der Waals surface area contributed by atoms with Gasteiger partial charge in [0.25, 0.3) is 0 Å². The third kappa shape index (κ3) is 6.44. The summed E-state index contributed by atoms with van der Waals surface area (Å²) in [6, 6.07) is 0. The molecular formula is C12H23N. The Balaban J connectivity index is 3.67. The van der Waals surface area contributed by atoms with Gasteiger partial charge in [-0.25, -0.2) is 0 Å². The van der Waals surface area contributed by atoms with Crippen LogP contribution in [0.5, 0.6) is 0 Å². The van der Waals surface area contributed by atoms with E-state index in [1.54, 1.807) is 0 Å². The van der Waals surface area contributed by atoms with Crippen LogP contribution >= 0.6 is 0 Å². The lowest BCUT2D eigenvalue weighted by Crippen LogP contribution is -2.13. The molecule has 1 unspecified atom stereocenters. The minimum Gasteiger partial charge on any atom is -0.363 e. The minimum atomic E-state index is 0.717. The van der Waals surface area contributed by atoms with Gasteiger partial charge in [-0.05, 0) is 18.8 Å². The first-order chi connectivity index (χ1) is 6.10. The Morgan fingerprint density at radius 2 is 1.85 bits per heavy atom. The van der Waals surface area contributed by atoms with Crippen molar-refractivity contribution < 1.29 is 0 Å². The first kappa shape index (κ1) is 12.3. The molecule has 1 heteroatoms. The molecule has 0 amide bonds. The van der Waals surface area contributed by atoms with Crippen LogP contribution in [0.1, 0.15) is 46.5 Å². The van der Waals surface area contributed by atoms with Crippen LogP contribution in [0.25, 0.3) is 0 Å². The van der Waals surface area contributed by atoms with Crippen molar-refractivity contribution in [3.05, 3.63) is 24.6 Å². The first-order valence-corrected chi connectivity index (χ1v) is 5.22. The molecule has 0 aliphatic rings. The fourth-order valence-corrected chi connectivity index (χ4v) is 1.23. The highest BCUT2D eigenvalue weighted by Gasteiger charge is 2.02. The lowest BCUT2D eigenvalue weighted by molar-refractivity contribution is 0.542. The highest BCUT2D eigenvalue weighted by Crippen LogP contribution is 2.12. The van der Waals surface area contributed by atoms with Crippen molar-refractivity contribution in [3.63, 3.8) is 0 Å². The van der Waals surface area contributed by atoms with Gasteiger partial charge in [0.1, 0.15) is 0 Å². The van der Waals surface area contributed by atoms with Crippen molar-refractivity contribution in [2.24, 2.45) is 5.92 Å². The zero-order valence-corrected chi connectivity index (χ0v) is 9.32. The van der Waals surface area contributed by atoms with Gasteiger partial charge >= 0.3 is 0 Å². The molecule has 0 aliphatic heterocycles. The standard InChI is InChI=1S/C12H23N/c1-6-8-11(4)13-12(5)9-10(3)7-2/h10,13H,4-9H2,1-3H3. The van der Waals surface area contributed by atoms with Gasteiger partial charge in [0, 0.05) is 11.4 Å². The molecule has 0 aliphatic carbocycles. The lowest BCUT2D eigenvalue weighted by atomic mass is 10.0. The van der Waals surface area contributed by atoms with Crippen molar-refractivity contribution in [3.8, 4) is 0 Å². The average molecular weight is 181 g/mol. The minimum absolute atomic E-state index is 0.717.